The molecule has 0 aliphatic carbocycles. The maximum atomic E-state index is 12.1. The molecule has 1 amide bonds. The van der Waals surface area contributed by atoms with Gasteiger partial charge in [-0.2, -0.15) is 5.10 Å². The van der Waals surface area contributed by atoms with Gasteiger partial charge in [0.2, 0.25) is 11.9 Å². The Labute approximate surface area is 157 Å². The highest BCUT2D eigenvalue weighted by atomic mass is 35.5. The normalized spacial score (nSPS) is 10.9. The number of carbonyl (C=O) groups excluding carboxylic acids is 1. The molecule has 0 spiro atoms. The molecule has 1 aromatic carbocycles. The number of anilines is 1. The monoisotopic (exact) mass is 372 g/mol. The van der Waals surface area contributed by atoms with Gasteiger partial charge in [0, 0.05) is 6.42 Å². The van der Waals surface area contributed by atoms with E-state index >= 15 is 0 Å². The summed E-state index contributed by atoms with van der Waals surface area (Å²) in [6.45, 7) is 6.83. The summed E-state index contributed by atoms with van der Waals surface area (Å²) >= 11 is 6.11. The van der Waals surface area contributed by atoms with Gasteiger partial charge in [-0.05, 0) is 26.3 Å². The van der Waals surface area contributed by atoms with Crippen molar-refractivity contribution in [2.24, 2.45) is 0 Å². The van der Waals surface area contributed by atoms with Crippen LogP contribution in [0.3, 0.4) is 0 Å². The van der Waals surface area contributed by atoms with E-state index in [2.05, 4.69) is 44.8 Å². The van der Waals surface area contributed by atoms with Gasteiger partial charge in [0.25, 0.3) is 0 Å². The summed E-state index contributed by atoms with van der Waals surface area (Å²) in [4.78, 5) is 16.3. The lowest BCUT2D eigenvalue weighted by molar-refractivity contribution is -0.116. The number of amides is 1. The summed E-state index contributed by atoms with van der Waals surface area (Å²) in [5.74, 6) is 0.135. The van der Waals surface area contributed by atoms with Gasteiger partial charge in [0.1, 0.15) is 6.33 Å². The van der Waals surface area contributed by atoms with E-state index in [0.29, 0.717) is 24.1 Å². The van der Waals surface area contributed by atoms with Crippen LogP contribution in [0.2, 0.25) is 5.02 Å². The summed E-state index contributed by atoms with van der Waals surface area (Å²) in [5.41, 5.74) is 3.96. The minimum absolute atomic E-state index is 0.165. The molecular formula is C18H21ClN6O. The predicted octanol–water partition coefficient (Wildman–Crippen LogP) is 3.13. The summed E-state index contributed by atoms with van der Waals surface area (Å²) in [7, 11) is 0. The third-order valence-electron chi connectivity index (χ3n) is 4.10. The maximum absolute atomic E-state index is 12.1. The first-order valence-corrected chi connectivity index (χ1v) is 8.74. The number of aryl methyl sites for hydroxylation is 3. The number of hydrogen-bond donors (Lipinski definition) is 1. The van der Waals surface area contributed by atoms with E-state index in [9.17, 15) is 4.79 Å². The van der Waals surface area contributed by atoms with Crippen LogP contribution in [-0.4, -0.2) is 30.5 Å². The molecule has 7 nitrogen and oxygen atoms in total. The molecule has 0 bridgehead atoms. The molecule has 3 aromatic rings. The van der Waals surface area contributed by atoms with E-state index in [-0.39, 0.29) is 12.3 Å². The van der Waals surface area contributed by atoms with Crippen molar-refractivity contribution in [1.82, 2.24) is 24.5 Å². The van der Waals surface area contributed by atoms with E-state index in [1.165, 1.54) is 5.56 Å². The second-order valence-corrected chi connectivity index (χ2v) is 6.64. The molecule has 0 fully saturated rings. The zero-order valence-corrected chi connectivity index (χ0v) is 15.8. The Hall–Kier alpha value is -2.67. The smallest absolute Gasteiger partial charge is 0.248 e. The number of carbonyl (C=O) groups is 1. The minimum atomic E-state index is -0.165. The average Bonchev–Trinajstić information content (AvgIpc) is 3.15. The van der Waals surface area contributed by atoms with E-state index in [0.717, 1.165) is 17.0 Å². The highest BCUT2D eigenvalue weighted by Crippen LogP contribution is 2.19. The summed E-state index contributed by atoms with van der Waals surface area (Å²) in [6, 6.07) is 8.21. The Kier molecular flexibility index (Phi) is 5.37. The van der Waals surface area contributed by atoms with Crippen LogP contribution in [-0.2, 0) is 17.9 Å². The van der Waals surface area contributed by atoms with E-state index in [1.807, 2.05) is 20.8 Å². The molecular weight excluding hydrogens is 352 g/mol. The predicted molar refractivity (Wildman–Crippen MR) is 100 cm³/mol. The zero-order valence-electron chi connectivity index (χ0n) is 15.0. The van der Waals surface area contributed by atoms with Crippen LogP contribution in [0.4, 0.5) is 5.95 Å². The largest absolute Gasteiger partial charge is 0.293 e. The fraction of sp³-hybridized carbons (Fsp3) is 0.333. The molecule has 2 heterocycles. The number of benzene rings is 1. The molecule has 0 atom stereocenters. The van der Waals surface area contributed by atoms with Crippen molar-refractivity contribution in [2.45, 2.75) is 40.3 Å². The molecule has 0 aliphatic heterocycles. The van der Waals surface area contributed by atoms with Crippen LogP contribution in [0.5, 0.6) is 0 Å². The molecule has 0 aliphatic rings. The van der Waals surface area contributed by atoms with Gasteiger partial charge in [-0.3, -0.25) is 14.8 Å². The molecule has 0 radical (unpaired) electrons. The molecule has 0 saturated carbocycles. The first kappa shape index (κ1) is 18.1. The summed E-state index contributed by atoms with van der Waals surface area (Å²) in [5, 5.41) is 12.0. The molecule has 2 aromatic heterocycles. The molecule has 3 rings (SSSR count). The van der Waals surface area contributed by atoms with Gasteiger partial charge in [-0.15, -0.1) is 5.10 Å². The third kappa shape index (κ3) is 4.29. The van der Waals surface area contributed by atoms with Crippen LogP contribution in [0.15, 0.2) is 30.6 Å². The average molecular weight is 373 g/mol. The Morgan fingerprint density at radius 2 is 1.88 bits per heavy atom. The van der Waals surface area contributed by atoms with Crippen LogP contribution in [0.25, 0.3) is 0 Å². The van der Waals surface area contributed by atoms with Crippen molar-refractivity contribution in [3.05, 3.63) is 58.1 Å². The molecule has 1 N–H and O–H groups in total. The highest BCUT2D eigenvalue weighted by Gasteiger charge is 2.12. The molecule has 0 saturated heterocycles. The van der Waals surface area contributed by atoms with E-state index in [4.69, 9.17) is 11.6 Å². The molecule has 8 heteroatoms. The number of halogens is 1. The van der Waals surface area contributed by atoms with E-state index < -0.39 is 0 Å². The van der Waals surface area contributed by atoms with Crippen LogP contribution >= 0.6 is 11.6 Å². The van der Waals surface area contributed by atoms with Crippen LogP contribution < -0.4 is 5.32 Å². The standard InChI is InChI=1S/C18H21ClN6O/c1-12-4-6-15(7-5-12)10-24-11-20-18(23-24)21-16(26)8-9-25-14(3)17(19)13(2)22-25/h4-7,11H,8-10H2,1-3H3,(H,21,23,26). The molecule has 26 heavy (non-hydrogen) atoms. The molecule has 0 unspecified atom stereocenters. The second-order valence-electron chi connectivity index (χ2n) is 6.26. The van der Waals surface area contributed by atoms with Crippen LogP contribution in [0.1, 0.15) is 28.9 Å². The third-order valence-corrected chi connectivity index (χ3v) is 4.64. The number of aromatic nitrogens is 5. The van der Waals surface area contributed by atoms with E-state index in [1.54, 1.807) is 15.7 Å². The molecule has 136 valence electrons. The maximum Gasteiger partial charge on any atom is 0.248 e. The lowest BCUT2D eigenvalue weighted by Gasteiger charge is -2.04. The van der Waals surface area contributed by atoms with Gasteiger partial charge in [-0.1, -0.05) is 41.4 Å². The van der Waals surface area contributed by atoms with Crippen molar-refractivity contribution in [3.63, 3.8) is 0 Å². The first-order valence-electron chi connectivity index (χ1n) is 8.36. The van der Waals surface area contributed by atoms with Crippen molar-refractivity contribution in [3.8, 4) is 0 Å². The lowest BCUT2D eigenvalue weighted by atomic mass is 10.1. The summed E-state index contributed by atoms with van der Waals surface area (Å²) in [6.07, 6.45) is 1.88. The number of nitrogens with zero attached hydrogens (tertiary/aromatic N) is 5. The highest BCUT2D eigenvalue weighted by molar-refractivity contribution is 6.31. The van der Waals surface area contributed by atoms with Gasteiger partial charge < -0.3 is 0 Å². The zero-order chi connectivity index (χ0) is 18.7. The van der Waals surface area contributed by atoms with Crippen LogP contribution in [0, 0.1) is 20.8 Å². The Morgan fingerprint density at radius 3 is 2.54 bits per heavy atom. The Balaban J connectivity index is 1.54. The number of nitrogens with one attached hydrogen (secondary N) is 1. The van der Waals surface area contributed by atoms with Gasteiger partial charge in [0.05, 0.1) is 29.5 Å². The topological polar surface area (TPSA) is 77.6 Å². The van der Waals surface area contributed by atoms with Gasteiger partial charge in [-0.25, -0.2) is 9.67 Å². The lowest BCUT2D eigenvalue weighted by Crippen LogP contribution is -2.16. The number of hydrogen-bond acceptors (Lipinski definition) is 4. The van der Waals surface area contributed by atoms with Crippen molar-refractivity contribution >= 4 is 23.5 Å². The van der Waals surface area contributed by atoms with Gasteiger partial charge in [0.15, 0.2) is 0 Å². The Morgan fingerprint density at radius 1 is 1.15 bits per heavy atom. The summed E-state index contributed by atoms with van der Waals surface area (Å²) < 4.78 is 3.43. The fourth-order valence-electron chi connectivity index (χ4n) is 2.60. The SMILES string of the molecule is Cc1ccc(Cn2cnc(NC(=O)CCn3nc(C)c(Cl)c3C)n2)cc1. The Bertz CT molecular complexity index is 912. The first-order chi connectivity index (χ1) is 12.4. The minimum Gasteiger partial charge on any atom is -0.293 e. The van der Waals surface area contributed by atoms with Gasteiger partial charge >= 0.3 is 0 Å². The van der Waals surface area contributed by atoms with Crippen molar-refractivity contribution in [2.75, 3.05) is 5.32 Å². The van der Waals surface area contributed by atoms with Crippen molar-refractivity contribution < 1.29 is 4.79 Å². The second kappa shape index (κ2) is 7.70. The van der Waals surface area contributed by atoms with Crippen molar-refractivity contribution in [1.29, 1.82) is 0 Å². The quantitative estimate of drug-likeness (QED) is 0.721. The fourth-order valence-corrected chi connectivity index (χ4v) is 2.73. The number of rotatable bonds is 6.